The Morgan fingerprint density at radius 3 is 2.47 bits per heavy atom. The van der Waals surface area contributed by atoms with Crippen LogP contribution in [-0.4, -0.2) is 28.8 Å². The molecule has 1 saturated carbocycles. The van der Waals surface area contributed by atoms with Crippen molar-refractivity contribution in [3.63, 3.8) is 0 Å². The minimum atomic E-state index is -0.568. The molecule has 1 aliphatic rings. The highest BCUT2D eigenvalue weighted by atomic mass is 35.5. The van der Waals surface area contributed by atoms with Crippen LogP contribution in [0.3, 0.4) is 0 Å². The Kier molecular flexibility index (Phi) is 7.79. The molecule has 0 saturated heterocycles. The molecule has 160 valence electrons. The largest absolute Gasteiger partial charge is 0.352 e. The third kappa shape index (κ3) is 5.99. The minimum absolute atomic E-state index is 0.1000. The van der Waals surface area contributed by atoms with Gasteiger partial charge in [-0.25, -0.2) is 0 Å². The van der Waals surface area contributed by atoms with Crippen LogP contribution in [-0.2, 0) is 22.6 Å². The lowest BCUT2D eigenvalue weighted by molar-refractivity contribution is -0.140. The van der Waals surface area contributed by atoms with Crippen LogP contribution >= 0.6 is 23.2 Å². The molecule has 0 radical (unpaired) electrons. The number of halogens is 2. The van der Waals surface area contributed by atoms with E-state index in [1.54, 1.807) is 30.0 Å². The normalized spacial score (nSPS) is 15.1. The molecule has 1 unspecified atom stereocenters. The number of rotatable bonds is 7. The molecule has 30 heavy (non-hydrogen) atoms. The molecule has 0 heterocycles. The second-order valence-electron chi connectivity index (χ2n) is 8.10. The van der Waals surface area contributed by atoms with E-state index in [1.807, 2.05) is 31.2 Å². The molecule has 1 N–H and O–H groups in total. The summed E-state index contributed by atoms with van der Waals surface area (Å²) in [5.41, 5.74) is 2.89. The molecule has 4 nitrogen and oxygen atoms in total. The van der Waals surface area contributed by atoms with Crippen LogP contribution in [0.5, 0.6) is 0 Å². The summed E-state index contributed by atoms with van der Waals surface area (Å²) in [4.78, 5) is 27.8. The lowest BCUT2D eigenvalue weighted by atomic mass is 10.1. The number of carbonyl (C=O) groups excluding carboxylic acids is 2. The third-order valence-corrected chi connectivity index (χ3v) is 6.38. The van der Waals surface area contributed by atoms with Gasteiger partial charge in [0, 0.05) is 12.6 Å². The van der Waals surface area contributed by atoms with Gasteiger partial charge in [0.25, 0.3) is 0 Å². The van der Waals surface area contributed by atoms with Gasteiger partial charge >= 0.3 is 0 Å². The van der Waals surface area contributed by atoms with Crippen molar-refractivity contribution in [3.8, 4) is 0 Å². The Morgan fingerprint density at radius 1 is 1.07 bits per heavy atom. The molecule has 2 aromatic rings. The van der Waals surface area contributed by atoms with Crippen LogP contribution in [0, 0.1) is 6.92 Å². The molecule has 6 heteroatoms. The summed E-state index contributed by atoms with van der Waals surface area (Å²) in [6.07, 6.45) is 4.45. The number of aryl methyl sites for hydroxylation is 1. The number of nitrogens with one attached hydrogen (secondary N) is 1. The SMILES string of the molecule is Cc1cccc(CN(C(=O)Cc2ccc(Cl)c(Cl)c2)C(C)C(=O)NC2CCCC2)c1. The maximum Gasteiger partial charge on any atom is 0.242 e. The Balaban J connectivity index is 1.78. The van der Waals surface area contributed by atoms with Crippen molar-refractivity contribution in [1.82, 2.24) is 10.2 Å². The Labute approximate surface area is 188 Å². The van der Waals surface area contributed by atoms with Gasteiger partial charge in [0.05, 0.1) is 16.5 Å². The van der Waals surface area contributed by atoms with Crippen LogP contribution in [0.15, 0.2) is 42.5 Å². The van der Waals surface area contributed by atoms with Crippen molar-refractivity contribution < 1.29 is 9.59 Å². The Morgan fingerprint density at radius 2 is 1.80 bits per heavy atom. The molecule has 2 aromatic carbocycles. The molecule has 2 amide bonds. The molecule has 0 aliphatic heterocycles. The first kappa shape index (κ1) is 22.6. The molecule has 0 aromatic heterocycles. The number of amides is 2. The number of nitrogens with zero attached hydrogens (tertiary/aromatic N) is 1. The zero-order valence-corrected chi connectivity index (χ0v) is 19.0. The molecule has 0 bridgehead atoms. The van der Waals surface area contributed by atoms with Gasteiger partial charge in [-0.05, 0) is 49.9 Å². The van der Waals surface area contributed by atoms with Crippen molar-refractivity contribution in [3.05, 3.63) is 69.2 Å². The van der Waals surface area contributed by atoms with E-state index in [0.29, 0.717) is 16.6 Å². The Hall–Kier alpha value is -2.04. The van der Waals surface area contributed by atoms with E-state index in [9.17, 15) is 9.59 Å². The predicted molar refractivity (Wildman–Crippen MR) is 122 cm³/mol. The minimum Gasteiger partial charge on any atom is -0.352 e. The van der Waals surface area contributed by atoms with E-state index < -0.39 is 6.04 Å². The van der Waals surface area contributed by atoms with Gasteiger partial charge in [0.2, 0.25) is 11.8 Å². The smallest absolute Gasteiger partial charge is 0.242 e. The van der Waals surface area contributed by atoms with Gasteiger partial charge in [0.1, 0.15) is 6.04 Å². The number of hydrogen-bond acceptors (Lipinski definition) is 2. The zero-order valence-electron chi connectivity index (χ0n) is 17.5. The van der Waals surface area contributed by atoms with Crippen LogP contribution in [0.4, 0.5) is 0 Å². The monoisotopic (exact) mass is 446 g/mol. The number of benzene rings is 2. The van der Waals surface area contributed by atoms with Crippen LogP contribution in [0.2, 0.25) is 10.0 Å². The molecule has 0 spiro atoms. The first-order valence-electron chi connectivity index (χ1n) is 10.4. The molecular formula is C24H28Cl2N2O2. The van der Waals surface area contributed by atoms with Crippen molar-refractivity contribution >= 4 is 35.0 Å². The lowest BCUT2D eigenvalue weighted by Crippen LogP contribution is -2.50. The summed E-state index contributed by atoms with van der Waals surface area (Å²) in [5.74, 6) is -0.221. The van der Waals surface area contributed by atoms with Crippen molar-refractivity contribution in [2.24, 2.45) is 0 Å². The standard InChI is InChI=1S/C24H28Cl2N2O2/c1-16-6-5-7-19(12-16)15-28(17(2)24(30)27-20-8-3-4-9-20)23(29)14-18-10-11-21(25)22(26)13-18/h5-7,10-13,17,20H,3-4,8-9,14-15H2,1-2H3,(H,27,30). The van der Waals surface area contributed by atoms with Crippen molar-refractivity contribution in [2.45, 2.75) is 64.6 Å². The lowest BCUT2D eigenvalue weighted by Gasteiger charge is -2.30. The van der Waals surface area contributed by atoms with Crippen LogP contribution < -0.4 is 5.32 Å². The van der Waals surface area contributed by atoms with E-state index in [0.717, 1.165) is 42.4 Å². The van der Waals surface area contributed by atoms with E-state index in [2.05, 4.69) is 5.32 Å². The summed E-state index contributed by atoms with van der Waals surface area (Å²) in [7, 11) is 0. The second kappa shape index (κ2) is 10.3. The highest BCUT2D eigenvalue weighted by Gasteiger charge is 2.28. The van der Waals surface area contributed by atoms with E-state index in [4.69, 9.17) is 23.2 Å². The van der Waals surface area contributed by atoms with Gasteiger partial charge in [-0.15, -0.1) is 0 Å². The van der Waals surface area contributed by atoms with Gasteiger partial charge in [0.15, 0.2) is 0 Å². The molecule has 1 aliphatic carbocycles. The highest BCUT2D eigenvalue weighted by molar-refractivity contribution is 6.42. The van der Waals surface area contributed by atoms with Crippen molar-refractivity contribution in [1.29, 1.82) is 0 Å². The third-order valence-electron chi connectivity index (χ3n) is 5.64. The van der Waals surface area contributed by atoms with E-state index >= 15 is 0 Å². The second-order valence-corrected chi connectivity index (χ2v) is 8.92. The average Bonchev–Trinajstić information content (AvgIpc) is 3.21. The molecule has 1 atom stereocenters. The maximum atomic E-state index is 13.3. The molecular weight excluding hydrogens is 419 g/mol. The molecule has 3 rings (SSSR count). The van der Waals surface area contributed by atoms with Gasteiger partial charge in [-0.3, -0.25) is 9.59 Å². The van der Waals surface area contributed by atoms with Crippen molar-refractivity contribution in [2.75, 3.05) is 0 Å². The predicted octanol–water partition coefficient (Wildman–Crippen LogP) is 5.32. The maximum absolute atomic E-state index is 13.3. The highest BCUT2D eigenvalue weighted by Crippen LogP contribution is 2.24. The topological polar surface area (TPSA) is 49.4 Å². The number of carbonyl (C=O) groups is 2. The first-order valence-corrected chi connectivity index (χ1v) is 11.2. The summed E-state index contributed by atoms with van der Waals surface area (Å²) >= 11 is 12.1. The average molecular weight is 447 g/mol. The summed E-state index contributed by atoms with van der Waals surface area (Å²) in [6, 6.07) is 12.8. The summed E-state index contributed by atoms with van der Waals surface area (Å²) in [5, 5.41) is 3.99. The zero-order chi connectivity index (χ0) is 21.7. The fourth-order valence-corrected chi connectivity index (χ4v) is 4.23. The summed E-state index contributed by atoms with van der Waals surface area (Å²) < 4.78 is 0. The summed E-state index contributed by atoms with van der Waals surface area (Å²) in [6.45, 7) is 4.19. The van der Waals surface area contributed by atoms with Gasteiger partial charge in [-0.1, -0.05) is 71.9 Å². The van der Waals surface area contributed by atoms with Crippen LogP contribution in [0.25, 0.3) is 0 Å². The molecule has 1 fully saturated rings. The van der Waals surface area contributed by atoms with Crippen LogP contribution in [0.1, 0.15) is 49.3 Å². The van der Waals surface area contributed by atoms with Gasteiger partial charge < -0.3 is 10.2 Å². The fraction of sp³-hybridized carbons (Fsp3) is 0.417. The van der Waals surface area contributed by atoms with E-state index in [1.165, 1.54) is 0 Å². The first-order chi connectivity index (χ1) is 14.3. The quantitative estimate of drug-likeness (QED) is 0.625. The Bertz CT molecular complexity index is 910. The number of hydrogen-bond donors (Lipinski definition) is 1. The van der Waals surface area contributed by atoms with Gasteiger partial charge in [-0.2, -0.15) is 0 Å². The van der Waals surface area contributed by atoms with E-state index in [-0.39, 0.29) is 24.3 Å². The fourth-order valence-electron chi connectivity index (χ4n) is 3.91.